The summed E-state index contributed by atoms with van der Waals surface area (Å²) in [5, 5.41) is 10.7. The Bertz CT molecular complexity index is 1740. The fourth-order valence-corrected chi connectivity index (χ4v) is 7.20. The van der Waals surface area contributed by atoms with Crippen molar-refractivity contribution in [1.29, 1.82) is 0 Å². The van der Waals surface area contributed by atoms with Gasteiger partial charge in [0.15, 0.2) is 5.43 Å². The highest BCUT2D eigenvalue weighted by molar-refractivity contribution is 5.84. The third kappa shape index (κ3) is 6.47. The molecule has 45 heavy (non-hydrogen) atoms. The number of benzene rings is 1. The molecule has 0 radical (unpaired) electrons. The molecule has 1 aliphatic carbocycles. The first kappa shape index (κ1) is 29.9. The fourth-order valence-electron chi connectivity index (χ4n) is 7.20. The first-order valence-electron chi connectivity index (χ1n) is 16.5. The summed E-state index contributed by atoms with van der Waals surface area (Å²) < 4.78 is 17.9. The minimum atomic E-state index is -0.463. The van der Waals surface area contributed by atoms with E-state index in [4.69, 9.17) is 0 Å². The van der Waals surface area contributed by atoms with E-state index in [1.54, 1.807) is 0 Å². The Hall–Kier alpha value is -3.82. The second-order valence-electron chi connectivity index (χ2n) is 13.3. The SMILES string of the molecule is Cc1ccc(N2CCCC(N(Cc3ccnc(C)c3)Cc3cn(C4CC4)c4cc(N5CCC[C@H](O)C5)c(F)cc4c3=O)C2)cn1. The van der Waals surface area contributed by atoms with Gasteiger partial charge in [-0.1, -0.05) is 0 Å². The highest BCUT2D eigenvalue weighted by atomic mass is 19.1. The molecule has 3 fully saturated rings. The van der Waals surface area contributed by atoms with Gasteiger partial charge in [0.25, 0.3) is 0 Å². The van der Waals surface area contributed by atoms with Gasteiger partial charge in [-0.05, 0) is 94.3 Å². The minimum absolute atomic E-state index is 0.0997. The molecular formula is C36H43FN6O2. The Kier molecular flexibility index (Phi) is 8.31. The van der Waals surface area contributed by atoms with Gasteiger partial charge in [0, 0.05) is 86.1 Å². The number of aliphatic hydroxyl groups is 1. The van der Waals surface area contributed by atoms with Crippen LogP contribution in [0.4, 0.5) is 15.8 Å². The normalized spacial score (nSPS) is 20.7. The molecule has 4 aromatic rings. The third-order valence-electron chi connectivity index (χ3n) is 9.75. The van der Waals surface area contributed by atoms with Crippen LogP contribution in [0.25, 0.3) is 10.9 Å². The van der Waals surface area contributed by atoms with Gasteiger partial charge in [-0.25, -0.2) is 4.39 Å². The van der Waals surface area contributed by atoms with E-state index in [0.29, 0.717) is 48.9 Å². The van der Waals surface area contributed by atoms with E-state index in [2.05, 4.69) is 48.6 Å². The highest BCUT2D eigenvalue weighted by Crippen LogP contribution is 2.38. The Morgan fingerprint density at radius 2 is 1.76 bits per heavy atom. The van der Waals surface area contributed by atoms with Crippen molar-refractivity contribution in [3.8, 4) is 0 Å². The molecule has 8 nitrogen and oxygen atoms in total. The Morgan fingerprint density at radius 1 is 0.933 bits per heavy atom. The molecule has 2 saturated heterocycles. The zero-order valence-electron chi connectivity index (χ0n) is 26.3. The van der Waals surface area contributed by atoms with Gasteiger partial charge in [0.05, 0.1) is 29.2 Å². The highest BCUT2D eigenvalue weighted by Gasteiger charge is 2.30. The summed E-state index contributed by atoms with van der Waals surface area (Å²) in [5.41, 5.74) is 6.13. The molecule has 3 aromatic heterocycles. The van der Waals surface area contributed by atoms with Crippen LogP contribution >= 0.6 is 0 Å². The van der Waals surface area contributed by atoms with Gasteiger partial charge in [0.1, 0.15) is 5.82 Å². The Balaban J connectivity index is 1.25. The van der Waals surface area contributed by atoms with E-state index < -0.39 is 11.9 Å². The van der Waals surface area contributed by atoms with Crippen LogP contribution in [-0.4, -0.2) is 62.9 Å². The van der Waals surface area contributed by atoms with E-state index in [1.807, 2.05) is 43.4 Å². The number of nitrogens with zero attached hydrogens (tertiary/aromatic N) is 6. The number of aromatic nitrogens is 3. The number of piperidine rings is 2. The van der Waals surface area contributed by atoms with Gasteiger partial charge in [-0.3, -0.25) is 19.7 Å². The van der Waals surface area contributed by atoms with Gasteiger partial charge in [-0.2, -0.15) is 0 Å². The molecule has 236 valence electrons. The first-order valence-corrected chi connectivity index (χ1v) is 16.5. The Morgan fingerprint density at radius 3 is 2.51 bits per heavy atom. The van der Waals surface area contributed by atoms with Gasteiger partial charge >= 0.3 is 0 Å². The standard InChI is InChI=1S/C36H43FN6O2/c1-24-7-8-29(18-39-24)40-13-3-5-30(22-40)42(19-26-11-12-38-25(2)15-26)20-27-21-43(28-9-10-28)34-17-35(33(37)16-32(34)36(27)45)41-14-4-6-31(44)23-41/h7-8,11-12,15-18,21,28,30-31,44H,3-6,9-10,13-14,19-20,22-23H2,1-2H3/t30?,31-/m0/s1. The molecule has 9 heteroatoms. The number of anilines is 2. The van der Waals surface area contributed by atoms with Gasteiger partial charge in [-0.15, -0.1) is 0 Å². The van der Waals surface area contributed by atoms with Crippen LogP contribution in [0.15, 0.2) is 59.8 Å². The van der Waals surface area contributed by atoms with Crippen LogP contribution in [0.2, 0.25) is 0 Å². The monoisotopic (exact) mass is 610 g/mol. The number of hydrogen-bond acceptors (Lipinski definition) is 7. The van der Waals surface area contributed by atoms with Crippen LogP contribution in [0, 0.1) is 19.7 Å². The van der Waals surface area contributed by atoms with Crippen LogP contribution < -0.4 is 15.2 Å². The zero-order valence-corrected chi connectivity index (χ0v) is 26.3. The number of pyridine rings is 3. The molecule has 2 atom stereocenters. The number of aliphatic hydroxyl groups excluding tert-OH is 1. The van der Waals surface area contributed by atoms with Crippen LogP contribution in [0.5, 0.6) is 0 Å². The molecule has 7 rings (SSSR count). The van der Waals surface area contributed by atoms with E-state index in [-0.39, 0.29) is 11.5 Å². The molecule has 3 aliphatic rings. The van der Waals surface area contributed by atoms with Gasteiger partial charge < -0.3 is 19.5 Å². The zero-order chi connectivity index (χ0) is 31.1. The van der Waals surface area contributed by atoms with E-state index >= 15 is 4.39 Å². The quantitative estimate of drug-likeness (QED) is 0.282. The molecule has 0 amide bonds. The smallest absolute Gasteiger partial charge is 0.193 e. The number of fused-ring (bicyclic) bond motifs is 1. The summed E-state index contributed by atoms with van der Waals surface area (Å²) in [5.74, 6) is -0.396. The maximum atomic E-state index is 15.7. The molecule has 1 saturated carbocycles. The van der Waals surface area contributed by atoms with Crippen molar-refractivity contribution in [1.82, 2.24) is 19.4 Å². The van der Waals surface area contributed by atoms with Crippen molar-refractivity contribution < 1.29 is 9.50 Å². The van der Waals surface area contributed by atoms with E-state index in [1.165, 1.54) is 11.6 Å². The lowest BCUT2D eigenvalue weighted by Gasteiger charge is -2.40. The lowest BCUT2D eigenvalue weighted by molar-refractivity contribution is 0.154. The van der Waals surface area contributed by atoms with E-state index in [0.717, 1.165) is 74.2 Å². The van der Waals surface area contributed by atoms with Crippen LogP contribution in [0.1, 0.15) is 67.1 Å². The summed E-state index contributed by atoms with van der Waals surface area (Å²) >= 11 is 0. The summed E-state index contributed by atoms with van der Waals surface area (Å²) in [7, 11) is 0. The molecule has 5 heterocycles. The number of aryl methyl sites for hydroxylation is 2. The minimum Gasteiger partial charge on any atom is -0.391 e. The average Bonchev–Trinajstić information content (AvgIpc) is 3.88. The number of hydrogen-bond donors (Lipinski definition) is 1. The lowest BCUT2D eigenvalue weighted by atomic mass is 10.0. The predicted molar refractivity (Wildman–Crippen MR) is 176 cm³/mol. The van der Waals surface area contributed by atoms with E-state index in [9.17, 15) is 9.90 Å². The number of β-amino-alcohol motifs (C(OH)–C–C–N with tert-alkyl or cyclic N) is 1. The summed E-state index contributed by atoms with van der Waals surface area (Å²) in [4.78, 5) is 29.9. The lowest BCUT2D eigenvalue weighted by Crippen LogP contribution is -2.48. The summed E-state index contributed by atoms with van der Waals surface area (Å²) in [6.07, 6.45) is 11.1. The van der Waals surface area contributed by atoms with Crippen molar-refractivity contribution in [3.05, 3.63) is 93.5 Å². The molecule has 1 unspecified atom stereocenters. The van der Waals surface area contributed by atoms with Crippen molar-refractivity contribution >= 4 is 22.3 Å². The largest absolute Gasteiger partial charge is 0.391 e. The third-order valence-corrected chi connectivity index (χ3v) is 9.75. The maximum Gasteiger partial charge on any atom is 0.193 e. The summed E-state index contributed by atoms with van der Waals surface area (Å²) in [6, 6.07) is 12.2. The molecule has 2 aliphatic heterocycles. The number of halogens is 1. The van der Waals surface area contributed by atoms with Crippen molar-refractivity contribution in [2.24, 2.45) is 0 Å². The van der Waals surface area contributed by atoms with Gasteiger partial charge in [0.2, 0.25) is 0 Å². The topological polar surface area (TPSA) is 77.7 Å². The summed E-state index contributed by atoms with van der Waals surface area (Å²) in [6.45, 7) is 8.12. The first-order chi connectivity index (χ1) is 21.8. The number of rotatable bonds is 8. The van der Waals surface area contributed by atoms with Crippen LogP contribution in [-0.2, 0) is 13.1 Å². The molecular weight excluding hydrogens is 567 g/mol. The molecule has 1 N–H and O–H groups in total. The molecule has 0 spiro atoms. The predicted octanol–water partition coefficient (Wildman–Crippen LogP) is 5.51. The second kappa shape index (κ2) is 12.5. The Labute approximate surface area is 264 Å². The molecule has 0 bridgehead atoms. The maximum absolute atomic E-state index is 15.7. The second-order valence-corrected chi connectivity index (χ2v) is 13.3. The molecule has 1 aromatic carbocycles. The van der Waals surface area contributed by atoms with Crippen molar-refractivity contribution in [2.75, 3.05) is 36.0 Å². The average molecular weight is 611 g/mol. The van der Waals surface area contributed by atoms with Crippen molar-refractivity contribution in [3.63, 3.8) is 0 Å². The fraction of sp³-hybridized carbons (Fsp3) is 0.472. The van der Waals surface area contributed by atoms with Crippen LogP contribution in [0.3, 0.4) is 0 Å². The van der Waals surface area contributed by atoms with Crippen molar-refractivity contribution in [2.45, 2.75) is 83.6 Å².